The fraction of sp³-hybridized carbons (Fsp3) is 0.784. The number of rotatable bonds is 66. The molecule has 17 N–H and O–H groups in total. The van der Waals surface area contributed by atoms with Gasteiger partial charge in [0.1, 0.15) is 48.3 Å². The molecule has 748 valence electrons. The minimum Gasteiger partial charge on any atom is -0.481 e. The molecule has 0 aromatic heterocycles. The molecule has 1 saturated heterocycles. The highest BCUT2D eigenvalue weighted by Gasteiger charge is 2.46. The second-order valence-corrected chi connectivity index (χ2v) is 39.1. The van der Waals surface area contributed by atoms with Crippen LogP contribution >= 0.6 is 0 Å². The van der Waals surface area contributed by atoms with Crippen LogP contribution in [0, 0.1) is 70.5 Å². The van der Waals surface area contributed by atoms with E-state index in [1.807, 2.05) is 41.5 Å². The van der Waals surface area contributed by atoms with Gasteiger partial charge in [-0.1, -0.05) is 152 Å². The van der Waals surface area contributed by atoms with Crippen molar-refractivity contribution in [2.75, 3.05) is 19.7 Å². The van der Waals surface area contributed by atoms with Crippen LogP contribution in [-0.2, 0) is 81.5 Å². The van der Waals surface area contributed by atoms with Crippen LogP contribution in [0.25, 0.3) is 0 Å². The Bertz CT molecular complexity index is 3860. The maximum atomic E-state index is 15.1. The second-order valence-electron chi connectivity index (χ2n) is 39.1. The number of carbonyl (C=O) groups is 17. The molecule has 35 nitrogen and oxygen atoms in total. The Morgan fingerprint density at radius 1 is 0.470 bits per heavy atom. The van der Waals surface area contributed by atoms with Crippen LogP contribution in [-0.4, -0.2) is 229 Å². The van der Waals surface area contributed by atoms with Gasteiger partial charge in [-0.15, -0.1) is 6.58 Å². The van der Waals surface area contributed by atoms with Gasteiger partial charge in [-0.25, -0.2) is 4.79 Å². The van der Waals surface area contributed by atoms with Gasteiger partial charge in [-0.2, -0.15) is 0 Å². The average Bonchev–Trinajstić information content (AvgIpc) is 1.62. The molecule has 0 radical (unpaired) electrons. The molecular weight excluding hydrogens is 1700 g/mol. The molecule has 2 aliphatic carbocycles. The Labute approximate surface area is 782 Å². The molecule has 12 unspecified atom stereocenters. The summed E-state index contributed by atoms with van der Waals surface area (Å²) in [6.07, 6.45) is 9.57. The molecule has 19 atom stereocenters. The lowest BCUT2D eigenvalue weighted by molar-refractivity contribution is -0.146. The summed E-state index contributed by atoms with van der Waals surface area (Å²) in [6.45, 7) is 30.5. The van der Waals surface area contributed by atoms with E-state index < -0.39 is 222 Å². The van der Waals surface area contributed by atoms with Crippen molar-refractivity contribution in [2.24, 2.45) is 75.8 Å². The van der Waals surface area contributed by atoms with Gasteiger partial charge < -0.3 is 89.6 Å². The summed E-state index contributed by atoms with van der Waals surface area (Å²) in [5.41, 5.74) is 7.20. The summed E-state index contributed by atoms with van der Waals surface area (Å²) < 4.78 is 0. The van der Waals surface area contributed by atoms with E-state index >= 15 is 14.4 Å². The predicted molar refractivity (Wildman–Crippen MR) is 503 cm³/mol. The first-order chi connectivity index (χ1) is 62.1. The zero-order chi connectivity index (χ0) is 99.3. The molecule has 35 heteroatoms. The van der Waals surface area contributed by atoms with Crippen molar-refractivity contribution in [3.8, 4) is 0 Å². The Hall–Kier alpha value is -9.41. The number of aliphatic hydroxyl groups is 2. The SMILES string of the molecule is C=C(C)CCCC[C@H](NC(=O)C(C)NC(=O)C(C)CCC(=O)O)C(=O)C1CCCC1C(=O)N[C@@H](C)C(=O)CC(CC(C)C)C(=O)N[C@@H](CC(C)C)C(=O)NC(C(=O)N[C@@H](CO)C(=O)CC(CCCCC(C)=N)C(=O)N[C@@H](CC(C)C)C(=O)NC(CCCN=C(C)N)C(=O)N[C@@H](CC1CCCCC1)C(=O)CC(C(=O)N1CCC[C@H]1C(=O)NC(CCCCC)C(=O)O)C(C)CC)C(C)O. The number of carbonyl (C=O) groups excluding carboxylic acids is 15. The molecule has 3 aliphatic rings. The Kier molecular flexibility index (Phi) is 53.7. The first-order valence-corrected chi connectivity index (χ1v) is 48.8. The number of carboxylic acids is 2. The molecule has 0 aromatic carbocycles. The van der Waals surface area contributed by atoms with E-state index in [4.69, 9.17) is 16.2 Å². The van der Waals surface area contributed by atoms with E-state index in [2.05, 4.69) is 64.7 Å². The number of amidine groups is 1. The lowest BCUT2D eigenvalue weighted by Crippen LogP contribution is -2.60. The minimum absolute atomic E-state index is 0.0114. The quantitative estimate of drug-likeness (QED) is 0.0118. The third kappa shape index (κ3) is 42.4. The van der Waals surface area contributed by atoms with Crippen molar-refractivity contribution in [3.05, 3.63) is 12.2 Å². The molecule has 1 heterocycles. The van der Waals surface area contributed by atoms with Gasteiger partial charge >= 0.3 is 11.9 Å². The van der Waals surface area contributed by atoms with Crippen LogP contribution in [0.1, 0.15) is 329 Å². The largest absolute Gasteiger partial charge is 0.481 e. The second kappa shape index (κ2) is 60.8. The third-order valence-corrected chi connectivity index (χ3v) is 25.7. The van der Waals surface area contributed by atoms with E-state index in [1.54, 1.807) is 48.5 Å². The Morgan fingerprint density at radius 2 is 1.00 bits per heavy atom. The summed E-state index contributed by atoms with van der Waals surface area (Å²) in [4.78, 5) is 246. The number of aliphatic imine (C=N–C) groups is 1. The number of nitrogens with zero attached hydrogens (tertiary/aromatic N) is 2. The van der Waals surface area contributed by atoms with E-state index in [-0.39, 0.29) is 138 Å². The fourth-order valence-electron chi connectivity index (χ4n) is 17.6. The number of hydrogen-bond donors (Lipinski definition) is 16. The Morgan fingerprint density at radius 3 is 1.57 bits per heavy atom. The summed E-state index contributed by atoms with van der Waals surface area (Å²) in [5.74, 6) is -18.9. The summed E-state index contributed by atoms with van der Waals surface area (Å²) in [7, 11) is 0. The minimum atomic E-state index is -1.83. The van der Waals surface area contributed by atoms with Crippen molar-refractivity contribution in [1.29, 1.82) is 5.41 Å². The average molecular weight is 1860 g/mol. The molecule has 1 aliphatic heterocycles. The number of nitrogens with two attached hydrogens (primary N) is 1. The molecular formula is C97H164N14O21. The normalized spacial score (nSPS) is 19.0. The molecule has 0 aromatic rings. The first kappa shape index (κ1) is 117. The van der Waals surface area contributed by atoms with Crippen LogP contribution < -0.4 is 58.9 Å². The van der Waals surface area contributed by atoms with Gasteiger partial charge in [0.25, 0.3) is 0 Å². The van der Waals surface area contributed by atoms with Crippen LogP contribution in [0.2, 0.25) is 0 Å². The summed E-state index contributed by atoms with van der Waals surface area (Å²) in [6, 6.07) is -14.2. The van der Waals surface area contributed by atoms with Crippen molar-refractivity contribution in [2.45, 2.75) is 402 Å². The monoisotopic (exact) mass is 1860 g/mol. The van der Waals surface area contributed by atoms with Gasteiger partial charge in [0.2, 0.25) is 65.0 Å². The van der Waals surface area contributed by atoms with E-state index in [0.717, 1.165) is 50.5 Å². The highest BCUT2D eigenvalue weighted by molar-refractivity contribution is 6.01. The summed E-state index contributed by atoms with van der Waals surface area (Å²) >= 11 is 0. The topological polar surface area (TPSA) is 557 Å². The molecule has 132 heavy (non-hydrogen) atoms. The molecule has 0 spiro atoms. The molecule has 0 bridgehead atoms. The van der Waals surface area contributed by atoms with Gasteiger partial charge in [0.05, 0.1) is 36.7 Å². The number of nitrogens with one attached hydrogen (secondary N) is 11. The number of amides is 11. The van der Waals surface area contributed by atoms with Crippen LogP contribution in [0.15, 0.2) is 17.1 Å². The van der Waals surface area contributed by atoms with Crippen LogP contribution in [0.4, 0.5) is 0 Å². The van der Waals surface area contributed by atoms with E-state index in [1.165, 1.54) is 25.7 Å². The highest BCUT2D eigenvalue weighted by atomic mass is 16.4. The zero-order valence-electron chi connectivity index (χ0n) is 81.8. The lowest BCUT2D eigenvalue weighted by Gasteiger charge is -2.33. The molecule has 11 amide bonds. The maximum absolute atomic E-state index is 15.1. The van der Waals surface area contributed by atoms with Gasteiger partial charge in [0.15, 0.2) is 23.1 Å². The van der Waals surface area contributed by atoms with Crippen LogP contribution in [0.3, 0.4) is 0 Å². The van der Waals surface area contributed by atoms with E-state index in [9.17, 15) is 82.4 Å². The van der Waals surface area contributed by atoms with Crippen molar-refractivity contribution >= 4 is 112 Å². The standard InChI is InChI=1S/C97H164N14O21/c1-18-20-22-40-74(97(131)132)105-94(128)79-42-31-46-111(79)96(130)71(59(11)19-2)53-82(116)75(50-66-34-23-21-24-35-66)106-91(125)73(41-30-45-100-65(17)99)104-92(126)76(48-57(7)8)107-88(122)67(36-27-26-33-61(13)98)51-81(115)78(54-112)109-95(129)84(64(16)113)110-93(127)77(49-58(9)10)108-89(123)68(47-56(5)6)52-80(114)62(14)101-90(124)70-38-29-37-69(70)85(119)72(39-28-25-32-55(3)4)103-87(121)63(15)102-86(120)60(12)43-44-83(117)118/h56-60,62-64,66-79,84,98,112-113H,3,18-54H2,1-2,4-17H3,(H2,99,100)(H,101,124)(H,102,120)(H,103,121)(H,104,126)(H,105,128)(H,106,125)(H,107,122)(H,108,123)(H,109,129)(H,110,127)(H,117,118)(H,131,132)/t59?,60?,62-,63?,64?,67?,68?,69?,70?,71?,72-,73?,74?,75-,76-,77-,78-,79-,84?/m0/s1. The summed E-state index contributed by atoms with van der Waals surface area (Å²) in [5, 5.41) is 76.5. The van der Waals surface area contributed by atoms with Crippen molar-refractivity contribution < 1.29 is 102 Å². The maximum Gasteiger partial charge on any atom is 0.326 e. The van der Waals surface area contributed by atoms with E-state index in [0.29, 0.717) is 82.8 Å². The Balaban J connectivity index is 1.91. The number of Topliss-reactive ketones (excluding diaryl/α,β-unsaturated/α-hetero) is 4. The number of hydrogen-bond acceptors (Lipinski definition) is 21. The number of aliphatic carboxylic acids is 2. The number of likely N-dealkylation sites (tertiary alicyclic amines) is 1. The fourth-order valence-corrected chi connectivity index (χ4v) is 17.6. The smallest absolute Gasteiger partial charge is 0.326 e. The van der Waals surface area contributed by atoms with Crippen LogP contribution in [0.5, 0.6) is 0 Å². The highest BCUT2D eigenvalue weighted by Crippen LogP contribution is 2.36. The zero-order valence-corrected chi connectivity index (χ0v) is 81.8. The number of allylic oxidation sites excluding steroid dienone is 1. The predicted octanol–water partition coefficient (Wildman–Crippen LogP) is 8.16. The molecule has 2 saturated carbocycles. The van der Waals surface area contributed by atoms with Gasteiger partial charge in [0, 0.05) is 80.0 Å². The molecule has 3 fully saturated rings. The number of carboxylic acid groups (broad SMARTS) is 2. The van der Waals surface area contributed by atoms with Gasteiger partial charge in [-0.05, 0) is 187 Å². The number of ketones is 4. The van der Waals surface area contributed by atoms with Gasteiger partial charge in [-0.3, -0.25) is 81.7 Å². The first-order valence-electron chi connectivity index (χ1n) is 48.8. The number of unbranched alkanes of at least 4 members (excludes halogenated alkanes) is 4. The lowest BCUT2D eigenvalue weighted by atomic mass is 9.80. The number of aliphatic hydroxyl groups excluding tert-OH is 2. The van der Waals surface area contributed by atoms with Crippen molar-refractivity contribution in [3.63, 3.8) is 0 Å². The molecule has 3 rings (SSSR count). The van der Waals surface area contributed by atoms with Crippen molar-refractivity contribution in [1.82, 2.24) is 58.1 Å². The third-order valence-electron chi connectivity index (χ3n) is 25.7.